The molecule has 1 unspecified atom stereocenters. The lowest BCUT2D eigenvalue weighted by atomic mass is 10.0. The molecule has 0 aliphatic heterocycles. The van der Waals surface area contributed by atoms with Crippen LogP contribution in [0, 0.1) is 11.3 Å². The number of carbonyl (C=O) groups is 4. The van der Waals surface area contributed by atoms with E-state index in [0.717, 1.165) is 11.1 Å². The van der Waals surface area contributed by atoms with Crippen molar-refractivity contribution in [2.45, 2.75) is 70.6 Å². The number of benzene rings is 2. The molecule has 0 aliphatic rings. The minimum absolute atomic E-state index is 0.0717. The number of aliphatic imine (C=N–C) groups is 2. The molecule has 0 aliphatic carbocycles. The molecule has 0 fully saturated rings. The maximum atomic E-state index is 13.7. The first-order valence-corrected chi connectivity index (χ1v) is 16.7. The zero-order valence-electron chi connectivity index (χ0n) is 29.5. The van der Waals surface area contributed by atoms with Crippen LogP contribution < -0.4 is 50.0 Å². The summed E-state index contributed by atoms with van der Waals surface area (Å²) in [4.78, 5) is 61.7. The van der Waals surface area contributed by atoms with Gasteiger partial charge in [0.25, 0.3) is 0 Å². The first-order chi connectivity index (χ1) is 24.2. The minimum atomic E-state index is -1.03. The number of likely N-dealkylation sites (N-methyl/N-ethyl adjacent to an activating group) is 1. The first-order valence-electron chi connectivity index (χ1n) is 16.7. The Morgan fingerprint density at radius 3 is 1.84 bits per heavy atom. The second kappa shape index (κ2) is 21.4. The van der Waals surface area contributed by atoms with Crippen LogP contribution in [0.2, 0.25) is 0 Å². The van der Waals surface area contributed by atoms with Gasteiger partial charge in [0, 0.05) is 32.2 Å². The molecule has 4 amide bonds. The Morgan fingerprint density at radius 2 is 1.31 bits per heavy atom. The van der Waals surface area contributed by atoms with Gasteiger partial charge in [0.2, 0.25) is 23.6 Å². The van der Waals surface area contributed by atoms with Crippen molar-refractivity contribution in [1.82, 2.24) is 26.4 Å². The summed E-state index contributed by atoms with van der Waals surface area (Å²) in [6.07, 6.45) is 1.34. The number of hydrazine groups is 1. The van der Waals surface area contributed by atoms with Crippen molar-refractivity contribution in [3.63, 3.8) is 0 Å². The Balaban J connectivity index is 2.19. The summed E-state index contributed by atoms with van der Waals surface area (Å²) in [6.45, 7) is 4.18. The average molecular weight is 708 g/mol. The second-order valence-electron chi connectivity index (χ2n) is 12.3. The van der Waals surface area contributed by atoms with E-state index in [1.54, 1.807) is 38.1 Å². The molecule has 17 nitrogen and oxygen atoms in total. The van der Waals surface area contributed by atoms with Gasteiger partial charge in [-0.05, 0) is 42.7 Å². The van der Waals surface area contributed by atoms with Gasteiger partial charge >= 0.3 is 0 Å². The van der Waals surface area contributed by atoms with Crippen molar-refractivity contribution < 1.29 is 19.2 Å². The number of nitrogens with two attached hydrogens (primary N) is 5. The molecule has 15 N–H and O–H groups in total. The fourth-order valence-electron chi connectivity index (χ4n) is 4.89. The normalized spacial score (nSPS) is 12.5. The molecule has 0 saturated heterocycles. The smallest absolute Gasteiger partial charge is 0.243 e. The third kappa shape index (κ3) is 15.6. The highest BCUT2D eigenvalue weighted by molar-refractivity contribution is 5.95. The topological polar surface area (TPSA) is 298 Å². The van der Waals surface area contributed by atoms with Gasteiger partial charge in [-0.1, -0.05) is 68.4 Å². The molecule has 278 valence electrons. The number of hydrogen-bond acceptors (Lipinski definition) is 8. The predicted molar refractivity (Wildman–Crippen MR) is 198 cm³/mol. The van der Waals surface area contributed by atoms with Crippen molar-refractivity contribution in [3.05, 3.63) is 71.3 Å². The lowest BCUT2D eigenvalue weighted by molar-refractivity contribution is -0.137. The fourth-order valence-corrected chi connectivity index (χ4v) is 4.89. The SMILES string of the molecule is CC(C)C(NC(=O)[C@H](CCCN=C(N)N)NN(C)C(=O)Cc1ccccc1)C(=O)N[C@@H](CCCN=C(N)N)C(=O)NCc1ccc(C(=N)N)cc1. The molecule has 0 heterocycles. The molecular formula is C34H53N13O4. The lowest BCUT2D eigenvalue weighted by Gasteiger charge is -2.29. The van der Waals surface area contributed by atoms with Crippen LogP contribution in [0.15, 0.2) is 64.6 Å². The summed E-state index contributed by atoms with van der Waals surface area (Å²) in [5, 5.41) is 17.2. The van der Waals surface area contributed by atoms with E-state index in [-0.39, 0.29) is 68.5 Å². The van der Waals surface area contributed by atoms with Crippen molar-refractivity contribution in [2.75, 3.05) is 20.1 Å². The van der Waals surface area contributed by atoms with Gasteiger partial charge < -0.3 is 44.6 Å². The second-order valence-corrected chi connectivity index (χ2v) is 12.3. The fraction of sp³-hybridized carbons (Fsp3) is 0.441. The van der Waals surface area contributed by atoms with E-state index in [9.17, 15) is 19.2 Å². The summed E-state index contributed by atoms with van der Waals surface area (Å²) in [5.41, 5.74) is 32.4. The quantitative estimate of drug-likeness (QED) is 0.0323. The van der Waals surface area contributed by atoms with Crippen LogP contribution in [0.1, 0.15) is 56.2 Å². The van der Waals surface area contributed by atoms with Crippen molar-refractivity contribution in [2.24, 2.45) is 44.6 Å². The largest absolute Gasteiger partial charge is 0.384 e. The lowest BCUT2D eigenvalue weighted by Crippen LogP contribution is -2.59. The number of nitrogens with one attached hydrogen (secondary N) is 5. The molecule has 51 heavy (non-hydrogen) atoms. The van der Waals surface area contributed by atoms with Gasteiger partial charge in [-0.3, -0.25) is 39.6 Å². The number of nitrogens with zero attached hydrogens (tertiary/aromatic N) is 3. The molecule has 0 saturated carbocycles. The number of amides is 4. The molecule has 2 rings (SSSR count). The van der Waals surface area contributed by atoms with Crippen molar-refractivity contribution in [3.8, 4) is 0 Å². The monoisotopic (exact) mass is 707 g/mol. The van der Waals surface area contributed by atoms with Gasteiger partial charge in [-0.2, -0.15) is 0 Å². The van der Waals surface area contributed by atoms with Crippen LogP contribution in [-0.4, -0.2) is 84.7 Å². The molecule has 0 spiro atoms. The van der Waals surface area contributed by atoms with Gasteiger partial charge in [-0.15, -0.1) is 0 Å². The molecule has 0 radical (unpaired) electrons. The zero-order chi connectivity index (χ0) is 37.9. The Kier molecular flexibility index (Phi) is 17.4. The van der Waals surface area contributed by atoms with Gasteiger partial charge in [0.15, 0.2) is 11.9 Å². The molecule has 0 bridgehead atoms. The highest BCUT2D eigenvalue weighted by Gasteiger charge is 2.31. The molecule has 3 atom stereocenters. The Labute approximate surface area is 298 Å². The summed E-state index contributed by atoms with van der Waals surface area (Å²) in [5.74, 6) is -2.45. The highest BCUT2D eigenvalue weighted by atomic mass is 16.2. The number of rotatable bonds is 21. The Bertz CT molecular complexity index is 1510. The van der Waals surface area contributed by atoms with E-state index in [1.165, 1.54) is 12.1 Å². The zero-order valence-corrected chi connectivity index (χ0v) is 29.5. The molecule has 17 heteroatoms. The molecule has 2 aromatic carbocycles. The third-order valence-electron chi connectivity index (χ3n) is 7.74. The van der Waals surface area contributed by atoms with E-state index in [2.05, 4.69) is 31.4 Å². The molecular weight excluding hydrogens is 654 g/mol. The van der Waals surface area contributed by atoms with E-state index < -0.39 is 35.8 Å². The minimum Gasteiger partial charge on any atom is -0.384 e. The third-order valence-corrected chi connectivity index (χ3v) is 7.74. The summed E-state index contributed by atoms with van der Waals surface area (Å²) < 4.78 is 0. The summed E-state index contributed by atoms with van der Waals surface area (Å²) in [6, 6.07) is 13.1. The standard InChI is InChI=1S/C34H53N13O4/c1-21(2)28(45-31(50)26(12-8-18-42-34(39)40)46-47(3)27(48)19-22-9-5-4-6-10-22)32(51)44-25(11-7-17-41-33(37)38)30(49)43-20-23-13-15-24(16-14-23)29(35)36/h4-6,9-10,13-16,21,25-26,28,46H,7-8,11-12,17-20H2,1-3H3,(H3,35,36)(H,43,49)(H,44,51)(H,45,50)(H4,37,38,41)(H4,39,40,42)/t25-,26-,28?/m0/s1. The van der Waals surface area contributed by atoms with Crippen molar-refractivity contribution in [1.29, 1.82) is 5.41 Å². The van der Waals surface area contributed by atoms with E-state index >= 15 is 0 Å². The Morgan fingerprint density at radius 1 is 0.745 bits per heavy atom. The van der Waals surface area contributed by atoms with Crippen molar-refractivity contribution >= 4 is 41.4 Å². The van der Waals surface area contributed by atoms with E-state index in [1.807, 2.05) is 30.3 Å². The number of guanidine groups is 2. The first kappa shape index (κ1) is 41.5. The van der Waals surface area contributed by atoms with Crippen LogP contribution in [0.3, 0.4) is 0 Å². The number of carbonyl (C=O) groups excluding carboxylic acids is 4. The average Bonchev–Trinajstić information content (AvgIpc) is 3.08. The van der Waals surface area contributed by atoms with Crippen LogP contribution in [-0.2, 0) is 32.1 Å². The predicted octanol–water partition coefficient (Wildman–Crippen LogP) is -1.11. The number of hydrogen-bond donors (Lipinski definition) is 10. The van der Waals surface area contributed by atoms with Gasteiger partial charge in [0.05, 0.1) is 6.42 Å². The highest BCUT2D eigenvalue weighted by Crippen LogP contribution is 2.10. The number of amidine groups is 1. The van der Waals surface area contributed by atoms with Crippen LogP contribution in [0.25, 0.3) is 0 Å². The molecule has 0 aromatic heterocycles. The van der Waals surface area contributed by atoms with Crippen LogP contribution in [0.5, 0.6) is 0 Å². The maximum Gasteiger partial charge on any atom is 0.243 e. The van der Waals surface area contributed by atoms with Gasteiger partial charge in [0.1, 0.15) is 24.0 Å². The van der Waals surface area contributed by atoms with Gasteiger partial charge in [-0.25, -0.2) is 5.43 Å². The summed E-state index contributed by atoms with van der Waals surface area (Å²) in [7, 11) is 1.53. The van der Waals surface area contributed by atoms with E-state index in [4.69, 9.17) is 34.1 Å². The number of nitrogen functional groups attached to an aromatic ring is 1. The maximum absolute atomic E-state index is 13.7. The summed E-state index contributed by atoms with van der Waals surface area (Å²) >= 11 is 0. The Hall–Kier alpha value is -5.71. The van der Waals surface area contributed by atoms with E-state index in [0.29, 0.717) is 18.4 Å². The van der Waals surface area contributed by atoms with Crippen LogP contribution >= 0.6 is 0 Å². The van der Waals surface area contributed by atoms with Crippen LogP contribution in [0.4, 0.5) is 0 Å². The molecule has 2 aromatic rings.